The summed E-state index contributed by atoms with van der Waals surface area (Å²) in [6.45, 7) is 0. The first kappa shape index (κ1) is 11.0. The molecule has 0 radical (unpaired) electrons. The van der Waals surface area contributed by atoms with Crippen LogP contribution < -0.4 is 5.73 Å². The van der Waals surface area contributed by atoms with E-state index in [0.29, 0.717) is 0 Å². The molecule has 4 heteroatoms. The minimum Gasteiger partial charge on any atom is -0.369 e. The van der Waals surface area contributed by atoms with Gasteiger partial charge in [-0.15, -0.1) is 0 Å². The van der Waals surface area contributed by atoms with E-state index in [4.69, 9.17) is 5.73 Å². The molecule has 2 N–H and O–H groups in total. The molecule has 0 aromatic heterocycles. The zero-order valence-electron chi connectivity index (χ0n) is 8.75. The van der Waals surface area contributed by atoms with Crippen LogP contribution in [0.3, 0.4) is 0 Å². The maximum Gasteiger partial charge on any atom is 0.249 e. The third-order valence-electron chi connectivity index (χ3n) is 2.89. The maximum absolute atomic E-state index is 12.7. The number of alkyl halides is 2. The lowest BCUT2D eigenvalue weighted by Crippen LogP contribution is -2.33. The fourth-order valence-electron chi connectivity index (χ4n) is 2.06. The molecule has 2 rings (SSSR count). The lowest BCUT2D eigenvalue weighted by atomic mass is 9.76. The largest absolute Gasteiger partial charge is 0.369 e. The normalized spacial score (nSPS) is 19.1. The van der Waals surface area contributed by atoms with Gasteiger partial charge in [-0.05, 0) is 17.0 Å². The van der Waals surface area contributed by atoms with E-state index < -0.39 is 11.8 Å². The molecule has 0 spiro atoms. The predicted molar refractivity (Wildman–Crippen MR) is 56.3 cm³/mol. The number of primary amides is 1. The van der Waals surface area contributed by atoms with Crippen molar-refractivity contribution in [2.75, 3.05) is 0 Å². The molecule has 16 heavy (non-hydrogen) atoms. The molecular weight excluding hydrogens is 212 g/mol. The van der Waals surface area contributed by atoms with Gasteiger partial charge in [0, 0.05) is 12.8 Å². The topological polar surface area (TPSA) is 43.1 Å². The van der Waals surface area contributed by atoms with E-state index in [-0.39, 0.29) is 25.2 Å². The zero-order chi connectivity index (χ0) is 11.8. The van der Waals surface area contributed by atoms with Gasteiger partial charge in [0.15, 0.2) is 0 Å². The van der Waals surface area contributed by atoms with E-state index in [1.54, 1.807) is 18.2 Å². The van der Waals surface area contributed by atoms with Crippen molar-refractivity contribution in [1.29, 1.82) is 0 Å². The lowest BCUT2D eigenvalue weighted by molar-refractivity contribution is -0.117. The van der Waals surface area contributed by atoms with Gasteiger partial charge >= 0.3 is 0 Å². The summed E-state index contributed by atoms with van der Waals surface area (Å²) >= 11 is 0. The van der Waals surface area contributed by atoms with Crippen LogP contribution in [0.4, 0.5) is 8.78 Å². The van der Waals surface area contributed by atoms with Crippen LogP contribution in [0.15, 0.2) is 24.3 Å². The smallest absolute Gasteiger partial charge is 0.249 e. The minimum atomic E-state index is -2.51. The molecule has 1 aliphatic carbocycles. The number of amides is 1. The van der Waals surface area contributed by atoms with Crippen molar-refractivity contribution in [2.24, 2.45) is 5.73 Å². The quantitative estimate of drug-likeness (QED) is 0.842. The van der Waals surface area contributed by atoms with E-state index in [1.165, 1.54) is 0 Å². The summed E-state index contributed by atoms with van der Waals surface area (Å²) in [7, 11) is 0. The summed E-state index contributed by atoms with van der Waals surface area (Å²) in [6, 6.07) is 7.18. The molecule has 1 amide bonds. The van der Waals surface area contributed by atoms with Crippen LogP contribution in [0, 0.1) is 0 Å². The van der Waals surface area contributed by atoms with Crippen molar-refractivity contribution in [3.63, 3.8) is 0 Å². The minimum absolute atomic E-state index is 0.0807. The summed E-state index contributed by atoms with van der Waals surface area (Å²) in [5, 5.41) is 0. The molecule has 1 aromatic carbocycles. The molecule has 0 atom stereocenters. The first-order valence-corrected chi connectivity index (χ1v) is 5.21. The standard InChI is InChI=1S/C12H13F2NO/c13-12(14)6-10(7-12)9-3-1-2-8(4-9)5-11(15)16/h1-4,10H,5-7H2,(H2,15,16). The zero-order valence-corrected chi connectivity index (χ0v) is 8.75. The van der Waals surface area contributed by atoms with Crippen LogP contribution >= 0.6 is 0 Å². The Morgan fingerprint density at radius 2 is 2.12 bits per heavy atom. The predicted octanol–water partition coefficient (Wildman–Crippen LogP) is 2.23. The summed E-state index contributed by atoms with van der Waals surface area (Å²) in [5.74, 6) is -3.00. The van der Waals surface area contributed by atoms with Crippen LogP contribution in [0.1, 0.15) is 29.9 Å². The number of halogens is 2. The molecule has 0 bridgehead atoms. The van der Waals surface area contributed by atoms with Gasteiger partial charge in [0.1, 0.15) is 0 Å². The number of hydrogen-bond acceptors (Lipinski definition) is 1. The second-order valence-electron chi connectivity index (χ2n) is 4.35. The summed E-state index contributed by atoms with van der Waals surface area (Å²) in [5.41, 5.74) is 6.75. The average Bonchev–Trinajstić information content (AvgIpc) is 2.13. The Bertz CT molecular complexity index is 409. The molecule has 1 aromatic rings. The Morgan fingerprint density at radius 1 is 1.44 bits per heavy atom. The molecule has 1 saturated carbocycles. The third-order valence-corrected chi connectivity index (χ3v) is 2.89. The molecule has 2 nitrogen and oxygen atoms in total. The van der Waals surface area contributed by atoms with Crippen LogP contribution in [0.2, 0.25) is 0 Å². The fraction of sp³-hybridized carbons (Fsp3) is 0.417. The second-order valence-corrected chi connectivity index (χ2v) is 4.35. The summed E-state index contributed by atoms with van der Waals surface area (Å²) < 4.78 is 25.4. The Hall–Kier alpha value is -1.45. The van der Waals surface area contributed by atoms with Gasteiger partial charge in [-0.1, -0.05) is 24.3 Å². The third kappa shape index (κ3) is 2.38. The number of carbonyl (C=O) groups excluding carboxylic acids is 1. The van der Waals surface area contributed by atoms with Crippen LogP contribution in [-0.2, 0) is 11.2 Å². The second kappa shape index (κ2) is 3.85. The number of carbonyl (C=O) groups is 1. The Morgan fingerprint density at radius 3 is 2.69 bits per heavy atom. The van der Waals surface area contributed by atoms with E-state index in [1.807, 2.05) is 6.07 Å². The van der Waals surface area contributed by atoms with Crippen molar-refractivity contribution in [3.8, 4) is 0 Å². The number of nitrogens with two attached hydrogens (primary N) is 1. The maximum atomic E-state index is 12.7. The SMILES string of the molecule is NC(=O)Cc1cccc(C2CC(F)(F)C2)c1. The van der Waals surface area contributed by atoms with E-state index in [0.717, 1.165) is 11.1 Å². The number of benzene rings is 1. The molecule has 0 unspecified atom stereocenters. The van der Waals surface area contributed by atoms with Crippen molar-refractivity contribution in [3.05, 3.63) is 35.4 Å². The Labute approximate surface area is 92.4 Å². The van der Waals surface area contributed by atoms with Gasteiger partial charge in [-0.3, -0.25) is 4.79 Å². The van der Waals surface area contributed by atoms with Crippen molar-refractivity contribution in [1.82, 2.24) is 0 Å². The lowest BCUT2D eigenvalue weighted by Gasteiger charge is -2.35. The first-order valence-electron chi connectivity index (χ1n) is 5.21. The van der Waals surface area contributed by atoms with Crippen molar-refractivity contribution >= 4 is 5.91 Å². The number of rotatable bonds is 3. The Balaban J connectivity index is 2.08. The molecule has 0 aliphatic heterocycles. The summed E-state index contributed by atoms with van der Waals surface area (Å²) in [4.78, 5) is 10.7. The molecule has 1 aliphatic rings. The molecular formula is C12H13F2NO. The van der Waals surface area contributed by atoms with Gasteiger partial charge in [0.05, 0.1) is 6.42 Å². The van der Waals surface area contributed by atoms with Crippen LogP contribution in [0.25, 0.3) is 0 Å². The van der Waals surface area contributed by atoms with Gasteiger partial charge < -0.3 is 5.73 Å². The van der Waals surface area contributed by atoms with E-state index in [2.05, 4.69) is 0 Å². The first-order chi connectivity index (χ1) is 7.46. The molecule has 86 valence electrons. The van der Waals surface area contributed by atoms with E-state index in [9.17, 15) is 13.6 Å². The van der Waals surface area contributed by atoms with Crippen LogP contribution in [0.5, 0.6) is 0 Å². The molecule has 1 fully saturated rings. The van der Waals surface area contributed by atoms with Gasteiger partial charge in [-0.25, -0.2) is 8.78 Å². The monoisotopic (exact) mass is 225 g/mol. The highest BCUT2D eigenvalue weighted by Gasteiger charge is 2.45. The molecule has 0 heterocycles. The number of hydrogen-bond donors (Lipinski definition) is 1. The fourth-order valence-corrected chi connectivity index (χ4v) is 2.06. The highest BCUT2D eigenvalue weighted by Crippen LogP contribution is 2.48. The van der Waals surface area contributed by atoms with Crippen molar-refractivity contribution < 1.29 is 13.6 Å². The van der Waals surface area contributed by atoms with Gasteiger partial charge in [-0.2, -0.15) is 0 Å². The highest BCUT2D eigenvalue weighted by atomic mass is 19.3. The Kier molecular flexibility index (Phi) is 2.66. The van der Waals surface area contributed by atoms with Gasteiger partial charge in [0.25, 0.3) is 0 Å². The molecule has 0 saturated heterocycles. The van der Waals surface area contributed by atoms with Crippen LogP contribution in [-0.4, -0.2) is 11.8 Å². The van der Waals surface area contributed by atoms with E-state index >= 15 is 0 Å². The van der Waals surface area contributed by atoms with Gasteiger partial charge in [0.2, 0.25) is 11.8 Å². The summed E-state index contributed by atoms with van der Waals surface area (Å²) in [6.07, 6.45) is -0.0169. The van der Waals surface area contributed by atoms with Crippen molar-refractivity contribution in [2.45, 2.75) is 31.1 Å². The average molecular weight is 225 g/mol. The highest BCUT2D eigenvalue weighted by molar-refractivity contribution is 5.76.